The van der Waals surface area contributed by atoms with E-state index in [4.69, 9.17) is 10.7 Å². The molecular formula is C12H14ClF2NO3S. The van der Waals surface area contributed by atoms with Crippen molar-refractivity contribution in [2.75, 3.05) is 13.6 Å². The Labute approximate surface area is 120 Å². The number of hydrogen-bond donors (Lipinski definition) is 0. The lowest BCUT2D eigenvalue weighted by molar-refractivity contribution is 0.0620. The summed E-state index contributed by atoms with van der Waals surface area (Å²) in [5.74, 6) is -0.685. The van der Waals surface area contributed by atoms with E-state index >= 15 is 0 Å². The number of aryl methyl sites for hydroxylation is 1. The van der Waals surface area contributed by atoms with Gasteiger partial charge in [0.1, 0.15) is 0 Å². The summed E-state index contributed by atoms with van der Waals surface area (Å²) in [6.45, 7) is 2.45. The molecule has 1 aromatic carbocycles. The molecule has 0 spiro atoms. The molecule has 0 N–H and O–H groups in total. The van der Waals surface area contributed by atoms with Crippen LogP contribution >= 0.6 is 10.7 Å². The highest BCUT2D eigenvalue weighted by Crippen LogP contribution is 2.24. The second-order valence-corrected chi connectivity index (χ2v) is 6.97. The monoisotopic (exact) mass is 325 g/mol. The molecule has 0 radical (unpaired) electrons. The maximum atomic E-state index is 12.3. The molecule has 0 aliphatic heterocycles. The molecule has 0 saturated carbocycles. The standard InChI is InChI=1S/C12H14ClF2NO3S/c1-7-4-9(12(17)16(3)6-11(14)15)5-10(8(7)2)20(13,18)19/h4-5,11H,6H2,1-3H3. The van der Waals surface area contributed by atoms with Gasteiger partial charge in [-0.25, -0.2) is 17.2 Å². The molecule has 0 atom stereocenters. The van der Waals surface area contributed by atoms with Gasteiger partial charge in [0.05, 0.1) is 11.4 Å². The Balaban J connectivity index is 3.28. The van der Waals surface area contributed by atoms with Crippen LogP contribution in [0.4, 0.5) is 8.78 Å². The molecule has 0 aliphatic rings. The highest BCUT2D eigenvalue weighted by atomic mass is 35.7. The van der Waals surface area contributed by atoms with E-state index in [0.717, 1.165) is 11.0 Å². The molecule has 1 aromatic rings. The van der Waals surface area contributed by atoms with Gasteiger partial charge in [-0.2, -0.15) is 0 Å². The second kappa shape index (κ2) is 6.05. The number of carbonyl (C=O) groups excluding carboxylic acids is 1. The molecule has 4 nitrogen and oxygen atoms in total. The van der Waals surface area contributed by atoms with Crippen LogP contribution in [0, 0.1) is 13.8 Å². The van der Waals surface area contributed by atoms with Gasteiger partial charge in [0.2, 0.25) is 0 Å². The predicted octanol–water partition coefficient (Wildman–Crippen LogP) is 2.57. The van der Waals surface area contributed by atoms with Crippen molar-refractivity contribution in [2.45, 2.75) is 25.2 Å². The van der Waals surface area contributed by atoms with Crippen molar-refractivity contribution in [2.24, 2.45) is 0 Å². The fraction of sp³-hybridized carbons (Fsp3) is 0.417. The molecule has 0 saturated heterocycles. The summed E-state index contributed by atoms with van der Waals surface area (Å²) in [5, 5.41) is 0. The summed E-state index contributed by atoms with van der Waals surface area (Å²) >= 11 is 0. The summed E-state index contributed by atoms with van der Waals surface area (Å²) in [6.07, 6.45) is -2.66. The predicted molar refractivity (Wildman–Crippen MR) is 71.9 cm³/mol. The SMILES string of the molecule is Cc1cc(C(=O)N(C)CC(F)F)cc(S(=O)(=O)Cl)c1C. The van der Waals surface area contributed by atoms with Crippen molar-refractivity contribution in [3.05, 3.63) is 28.8 Å². The summed E-state index contributed by atoms with van der Waals surface area (Å²) in [4.78, 5) is 12.6. The first-order chi connectivity index (χ1) is 9.04. The van der Waals surface area contributed by atoms with Crippen molar-refractivity contribution in [1.82, 2.24) is 4.90 Å². The second-order valence-electron chi connectivity index (χ2n) is 4.43. The first kappa shape index (κ1) is 16.8. The first-order valence-corrected chi connectivity index (χ1v) is 7.94. The number of hydrogen-bond acceptors (Lipinski definition) is 3. The van der Waals surface area contributed by atoms with Crippen LogP contribution in [0.15, 0.2) is 17.0 Å². The summed E-state index contributed by atoms with van der Waals surface area (Å²) in [6, 6.07) is 2.56. The minimum Gasteiger partial charge on any atom is -0.336 e. The average Bonchev–Trinajstić information content (AvgIpc) is 2.29. The van der Waals surface area contributed by atoms with E-state index in [2.05, 4.69) is 0 Å². The van der Waals surface area contributed by atoms with Crippen LogP contribution in [0.1, 0.15) is 21.5 Å². The van der Waals surface area contributed by atoms with Gasteiger partial charge in [0.25, 0.3) is 21.4 Å². The van der Waals surface area contributed by atoms with Crippen LogP contribution in [-0.2, 0) is 9.05 Å². The van der Waals surface area contributed by atoms with Crippen molar-refractivity contribution < 1.29 is 22.0 Å². The smallest absolute Gasteiger partial charge is 0.261 e. The molecule has 1 amide bonds. The van der Waals surface area contributed by atoms with Crippen LogP contribution in [0.25, 0.3) is 0 Å². The average molecular weight is 326 g/mol. The lowest BCUT2D eigenvalue weighted by atomic mass is 10.1. The Morgan fingerprint density at radius 1 is 1.35 bits per heavy atom. The maximum absolute atomic E-state index is 12.3. The number of carbonyl (C=O) groups is 1. The van der Waals surface area contributed by atoms with E-state index in [-0.39, 0.29) is 10.5 Å². The Bertz CT molecular complexity index is 632. The molecule has 0 aliphatic carbocycles. The molecule has 8 heteroatoms. The van der Waals surface area contributed by atoms with E-state index in [9.17, 15) is 22.0 Å². The molecule has 1 rings (SSSR count). The van der Waals surface area contributed by atoms with E-state index in [1.54, 1.807) is 13.8 Å². The zero-order chi connectivity index (χ0) is 15.7. The third kappa shape index (κ3) is 3.89. The summed E-state index contributed by atoms with van der Waals surface area (Å²) < 4.78 is 47.4. The quantitative estimate of drug-likeness (QED) is 0.799. The minimum atomic E-state index is -4.01. The van der Waals surface area contributed by atoms with Crippen molar-refractivity contribution >= 4 is 25.6 Å². The highest BCUT2D eigenvalue weighted by molar-refractivity contribution is 8.13. The topological polar surface area (TPSA) is 54.5 Å². The zero-order valence-corrected chi connectivity index (χ0v) is 12.7. The summed E-state index contributed by atoms with van der Waals surface area (Å²) in [5.41, 5.74) is 0.976. The first-order valence-electron chi connectivity index (χ1n) is 5.63. The molecular weight excluding hydrogens is 312 g/mol. The van der Waals surface area contributed by atoms with Crippen LogP contribution in [0.3, 0.4) is 0 Å². The Morgan fingerprint density at radius 2 is 1.90 bits per heavy atom. The molecule has 0 unspecified atom stereocenters. The van der Waals surface area contributed by atoms with Crippen LogP contribution in [0.2, 0.25) is 0 Å². The Kier molecular flexibility index (Phi) is 5.10. The van der Waals surface area contributed by atoms with Gasteiger partial charge < -0.3 is 4.90 Å². The van der Waals surface area contributed by atoms with Gasteiger partial charge in [0, 0.05) is 23.3 Å². The van der Waals surface area contributed by atoms with Crippen LogP contribution in [-0.4, -0.2) is 39.2 Å². The van der Waals surface area contributed by atoms with E-state index in [1.165, 1.54) is 13.1 Å². The lowest BCUT2D eigenvalue weighted by Gasteiger charge is -2.18. The molecule has 0 aromatic heterocycles. The van der Waals surface area contributed by atoms with Gasteiger partial charge in [-0.15, -0.1) is 0 Å². The Hall–Kier alpha value is -1.21. The van der Waals surface area contributed by atoms with Gasteiger partial charge in [-0.05, 0) is 37.1 Å². The highest BCUT2D eigenvalue weighted by Gasteiger charge is 2.21. The van der Waals surface area contributed by atoms with Crippen molar-refractivity contribution in [3.63, 3.8) is 0 Å². The van der Waals surface area contributed by atoms with Crippen LogP contribution in [0.5, 0.6) is 0 Å². The minimum absolute atomic E-state index is 0.00970. The van der Waals surface area contributed by atoms with E-state index in [1.807, 2.05) is 0 Å². The number of amides is 1. The third-order valence-corrected chi connectivity index (χ3v) is 4.34. The molecule has 20 heavy (non-hydrogen) atoms. The normalized spacial score (nSPS) is 11.8. The summed E-state index contributed by atoms with van der Waals surface area (Å²) in [7, 11) is 2.52. The molecule has 112 valence electrons. The number of rotatable bonds is 4. The van der Waals surface area contributed by atoms with Crippen LogP contribution < -0.4 is 0 Å². The molecule has 0 fully saturated rings. The number of benzene rings is 1. The fourth-order valence-electron chi connectivity index (χ4n) is 1.71. The number of halogens is 3. The maximum Gasteiger partial charge on any atom is 0.261 e. The largest absolute Gasteiger partial charge is 0.336 e. The van der Waals surface area contributed by atoms with E-state index in [0.29, 0.717) is 11.1 Å². The molecule has 0 heterocycles. The van der Waals surface area contributed by atoms with Gasteiger partial charge >= 0.3 is 0 Å². The Morgan fingerprint density at radius 3 is 2.35 bits per heavy atom. The van der Waals surface area contributed by atoms with Gasteiger partial charge in [0.15, 0.2) is 0 Å². The van der Waals surface area contributed by atoms with E-state index < -0.39 is 27.9 Å². The van der Waals surface area contributed by atoms with Crippen molar-refractivity contribution in [1.29, 1.82) is 0 Å². The van der Waals surface area contributed by atoms with Gasteiger partial charge in [-0.3, -0.25) is 4.79 Å². The molecule has 0 bridgehead atoms. The third-order valence-electron chi connectivity index (χ3n) is 2.89. The van der Waals surface area contributed by atoms with Gasteiger partial charge in [-0.1, -0.05) is 0 Å². The zero-order valence-electron chi connectivity index (χ0n) is 11.2. The lowest BCUT2D eigenvalue weighted by Crippen LogP contribution is -2.31. The number of nitrogens with zero attached hydrogens (tertiary/aromatic N) is 1. The van der Waals surface area contributed by atoms with Crippen molar-refractivity contribution in [3.8, 4) is 0 Å². The fourth-order valence-corrected chi connectivity index (χ4v) is 2.99. The number of alkyl halides is 2.